The quantitative estimate of drug-likeness (QED) is 0.763. The molecule has 0 bridgehead atoms. The van der Waals surface area contributed by atoms with E-state index >= 15 is 0 Å². The fraction of sp³-hybridized carbons (Fsp3) is 0.300. The Labute approximate surface area is 153 Å². The standard InChI is InChI=1S/C20H24N2O2S/c1-15(16-9-5-4-6-10-16)13-20(24)22(2)14-19(23)21-17-11-7-8-12-18(17)25-3/h4-12,15H,13-14H2,1-3H3,(H,21,23). The van der Waals surface area contributed by atoms with Gasteiger partial charge in [0.1, 0.15) is 0 Å². The van der Waals surface area contributed by atoms with E-state index in [9.17, 15) is 9.59 Å². The number of nitrogens with zero attached hydrogens (tertiary/aromatic N) is 1. The number of nitrogens with one attached hydrogen (secondary N) is 1. The molecule has 2 rings (SSSR count). The van der Waals surface area contributed by atoms with Gasteiger partial charge in [0.2, 0.25) is 11.8 Å². The van der Waals surface area contributed by atoms with Gasteiger partial charge in [-0.2, -0.15) is 0 Å². The van der Waals surface area contributed by atoms with Gasteiger partial charge in [-0.25, -0.2) is 0 Å². The molecule has 1 unspecified atom stereocenters. The first-order valence-corrected chi connectivity index (χ1v) is 9.45. The third-order valence-electron chi connectivity index (χ3n) is 4.04. The number of hydrogen-bond donors (Lipinski definition) is 1. The first kappa shape index (κ1) is 19.1. The zero-order valence-electron chi connectivity index (χ0n) is 14.9. The minimum absolute atomic E-state index is 0.0374. The molecule has 0 aliphatic heterocycles. The molecule has 0 spiro atoms. The van der Waals surface area contributed by atoms with Crippen LogP contribution in [-0.2, 0) is 9.59 Å². The fourth-order valence-corrected chi connectivity index (χ4v) is 3.11. The van der Waals surface area contributed by atoms with Crippen molar-refractivity contribution >= 4 is 29.3 Å². The molecule has 2 aromatic carbocycles. The van der Waals surface area contributed by atoms with Gasteiger partial charge >= 0.3 is 0 Å². The number of carbonyl (C=O) groups excluding carboxylic acids is 2. The minimum Gasteiger partial charge on any atom is -0.336 e. The Kier molecular flexibility index (Phi) is 7.07. The normalized spacial score (nSPS) is 11.6. The molecule has 0 aliphatic rings. The molecule has 0 saturated carbocycles. The smallest absolute Gasteiger partial charge is 0.244 e. The van der Waals surface area contributed by atoms with Gasteiger partial charge in [0, 0.05) is 18.4 Å². The van der Waals surface area contributed by atoms with Crippen LogP contribution in [0.4, 0.5) is 5.69 Å². The molecule has 2 aromatic rings. The van der Waals surface area contributed by atoms with Crippen molar-refractivity contribution in [3.05, 3.63) is 60.2 Å². The van der Waals surface area contributed by atoms with E-state index in [0.29, 0.717) is 6.42 Å². The van der Waals surface area contributed by atoms with Gasteiger partial charge in [-0.3, -0.25) is 9.59 Å². The molecule has 1 N–H and O–H groups in total. The lowest BCUT2D eigenvalue weighted by Crippen LogP contribution is -2.35. The first-order chi connectivity index (χ1) is 12.0. The Bertz CT molecular complexity index is 719. The Hall–Kier alpha value is -2.27. The summed E-state index contributed by atoms with van der Waals surface area (Å²) in [5, 5.41) is 2.88. The van der Waals surface area contributed by atoms with Crippen LogP contribution in [0, 0.1) is 0 Å². The third-order valence-corrected chi connectivity index (χ3v) is 4.83. The van der Waals surface area contributed by atoms with Crippen molar-refractivity contribution in [3.8, 4) is 0 Å². The number of amides is 2. The van der Waals surface area contributed by atoms with Crippen molar-refractivity contribution in [1.29, 1.82) is 0 Å². The topological polar surface area (TPSA) is 49.4 Å². The van der Waals surface area contributed by atoms with Crippen molar-refractivity contribution in [2.24, 2.45) is 0 Å². The molecule has 132 valence electrons. The molecule has 0 radical (unpaired) electrons. The summed E-state index contributed by atoms with van der Waals surface area (Å²) in [6.07, 6.45) is 2.35. The zero-order valence-corrected chi connectivity index (χ0v) is 15.7. The monoisotopic (exact) mass is 356 g/mol. The summed E-state index contributed by atoms with van der Waals surface area (Å²) in [5.41, 5.74) is 1.90. The second-order valence-electron chi connectivity index (χ2n) is 6.01. The molecule has 0 fully saturated rings. The molecule has 0 heterocycles. The molecule has 2 amide bonds. The van der Waals surface area contributed by atoms with Crippen LogP contribution in [0.25, 0.3) is 0 Å². The van der Waals surface area contributed by atoms with E-state index in [0.717, 1.165) is 16.1 Å². The summed E-state index contributed by atoms with van der Waals surface area (Å²) in [4.78, 5) is 27.1. The van der Waals surface area contributed by atoms with Gasteiger partial charge in [0.05, 0.1) is 12.2 Å². The molecule has 0 saturated heterocycles. The molecule has 0 aromatic heterocycles. The number of anilines is 1. The van der Waals surface area contributed by atoms with E-state index < -0.39 is 0 Å². The number of rotatable bonds is 7. The van der Waals surface area contributed by atoms with Gasteiger partial charge in [-0.05, 0) is 29.9 Å². The lowest BCUT2D eigenvalue weighted by atomic mass is 9.97. The summed E-state index contributed by atoms with van der Waals surface area (Å²) < 4.78 is 0. The highest BCUT2D eigenvalue weighted by molar-refractivity contribution is 7.98. The van der Waals surface area contributed by atoms with Crippen LogP contribution in [0.15, 0.2) is 59.5 Å². The molecular weight excluding hydrogens is 332 g/mol. The van der Waals surface area contributed by atoms with Crippen molar-refractivity contribution < 1.29 is 9.59 Å². The van der Waals surface area contributed by atoms with E-state index in [4.69, 9.17) is 0 Å². The van der Waals surface area contributed by atoms with E-state index in [2.05, 4.69) is 5.32 Å². The Balaban J connectivity index is 1.89. The predicted molar refractivity (Wildman–Crippen MR) is 104 cm³/mol. The van der Waals surface area contributed by atoms with E-state index in [1.54, 1.807) is 18.8 Å². The van der Waals surface area contributed by atoms with Crippen LogP contribution in [0.2, 0.25) is 0 Å². The molecule has 0 aliphatic carbocycles. The Morgan fingerprint density at radius 2 is 1.72 bits per heavy atom. The second-order valence-corrected chi connectivity index (χ2v) is 6.86. The summed E-state index contributed by atoms with van der Waals surface area (Å²) in [7, 11) is 1.67. The summed E-state index contributed by atoms with van der Waals surface area (Å²) in [6, 6.07) is 17.6. The zero-order chi connectivity index (χ0) is 18.2. The van der Waals surface area contributed by atoms with E-state index in [-0.39, 0.29) is 24.3 Å². The number of thioether (sulfide) groups is 1. The number of para-hydroxylation sites is 1. The average molecular weight is 356 g/mol. The highest BCUT2D eigenvalue weighted by atomic mass is 32.2. The van der Waals surface area contributed by atoms with Gasteiger partial charge in [-0.15, -0.1) is 11.8 Å². The minimum atomic E-state index is -0.190. The summed E-state index contributed by atoms with van der Waals surface area (Å²) in [6.45, 7) is 2.07. The average Bonchev–Trinajstić information content (AvgIpc) is 2.62. The maximum Gasteiger partial charge on any atom is 0.244 e. The lowest BCUT2D eigenvalue weighted by Gasteiger charge is -2.20. The van der Waals surface area contributed by atoms with Crippen LogP contribution in [0.5, 0.6) is 0 Å². The maximum atomic E-state index is 12.4. The van der Waals surface area contributed by atoms with Crippen LogP contribution in [0.1, 0.15) is 24.8 Å². The van der Waals surface area contributed by atoms with Crippen molar-refractivity contribution in [3.63, 3.8) is 0 Å². The second kappa shape index (κ2) is 9.28. The molecule has 4 nitrogen and oxygen atoms in total. The number of carbonyl (C=O) groups is 2. The highest BCUT2D eigenvalue weighted by Gasteiger charge is 2.17. The Morgan fingerprint density at radius 1 is 1.08 bits per heavy atom. The van der Waals surface area contributed by atoms with Gasteiger partial charge < -0.3 is 10.2 Å². The maximum absolute atomic E-state index is 12.4. The van der Waals surface area contributed by atoms with E-state index in [1.807, 2.05) is 67.8 Å². The molecule has 5 heteroatoms. The van der Waals surface area contributed by atoms with Crippen LogP contribution < -0.4 is 5.32 Å². The van der Waals surface area contributed by atoms with Crippen LogP contribution in [-0.4, -0.2) is 36.6 Å². The van der Waals surface area contributed by atoms with Crippen LogP contribution >= 0.6 is 11.8 Å². The van der Waals surface area contributed by atoms with Gasteiger partial charge in [0.25, 0.3) is 0 Å². The molecule has 25 heavy (non-hydrogen) atoms. The van der Waals surface area contributed by atoms with Gasteiger partial charge in [0.15, 0.2) is 0 Å². The highest BCUT2D eigenvalue weighted by Crippen LogP contribution is 2.24. The van der Waals surface area contributed by atoms with Crippen LogP contribution in [0.3, 0.4) is 0 Å². The SMILES string of the molecule is CSc1ccccc1NC(=O)CN(C)C(=O)CC(C)c1ccccc1. The fourth-order valence-electron chi connectivity index (χ4n) is 2.56. The summed E-state index contributed by atoms with van der Waals surface area (Å²) in [5.74, 6) is -0.106. The molecule has 1 atom stereocenters. The number of hydrogen-bond acceptors (Lipinski definition) is 3. The van der Waals surface area contributed by atoms with E-state index in [1.165, 1.54) is 4.90 Å². The van der Waals surface area contributed by atoms with Crippen molar-refractivity contribution in [2.75, 3.05) is 25.2 Å². The number of benzene rings is 2. The molecular formula is C20H24N2O2S. The number of likely N-dealkylation sites (N-methyl/N-ethyl adjacent to an activating group) is 1. The lowest BCUT2D eigenvalue weighted by molar-refractivity contribution is -0.133. The van der Waals surface area contributed by atoms with Gasteiger partial charge in [-0.1, -0.05) is 49.4 Å². The third kappa shape index (κ3) is 5.64. The summed E-state index contributed by atoms with van der Waals surface area (Å²) >= 11 is 1.57. The largest absolute Gasteiger partial charge is 0.336 e. The first-order valence-electron chi connectivity index (χ1n) is 8.23. The van der Waals surface area contributed by atoms with Crippen molar-refractivity contribution in [2.45, 2.75) is 24.2 Å². The predicted octanol–water partition coefficient (Wildman–Crippen LogP) is 4.00. The Morgan fingerprint density at radius 3 is 2.40 bits per heavy atom. The van der Waals surface area contributed by atoms with Crippen molar-refractivity contribution in [1.82, 2.24) is 4.90 Å².